The molecule has 1 aliphatic rings. The molecule has 6 heteroatoms. The first-order valence-electron chi connectivity index (χ1n) is 5.61. The first kappa shape index (κ1) is 10.5. The lowest BCUT2D eigenvalue weighted by Gasteiger charge is -2.18. The summed E-state index contributed by atoms with van der Waals surface area (Å²) in [6.07, 6.45) is 3.20. The Morgan fingerprint density at radius 2 is 2.12 bits per heavy atom. The lowest BCUT2D eigenvalue weighted by atomic mass is 10.2. The fraction of sp³-hybridized carbons (Fsp3) is 0.455. The highest BCUT2D eigenvalue weighted by molar-refractivity contribution is 5.84. The maximum Gasteiger partial charge on any atom is 0.151 e. The van der Waals surface area contributed by atoms with Gasteiger partial charge in [0.2, 0.25) is 0 Å². The lowest BCUT2D eigenvalue weighted by molar-refractivity contribution is 0.0242. The predicted octanol–water partition coefficient (Wildman–Crippen LogP) is 0.0702. The molecule has 3 atom stereocenters. The van der Waals surface area contributed by atoms with E-state index in [-0.39, 0.29) is 6.04 Å². The third-order valence-electron chi connectivity index (χ3n) is 3.42. The number of aliphatic hydroxyl groups is 2. The highest BCUT2D eigenvalue weighted by Gasteiger charge is 2.35. The molecule has 2 aromatic heterocycles. The highest BCUT2D eigenvalue weighted by Crippen LogP contribution is 2.33. The highest BCUT2D eigenvalue weighted by atomic mass is 16.3. The van der Waals surface area contributed by atoms with Gasteiger partial charge in [0.15, 0.2) is 5.82 Å². The van der Waals surface area contributed by atoms with Crippen LogP contribution < -0.4 is 5.73 Å². The van der Waals surface area contributed by atoms with Gasteiger partial charge in [0.1, 0.15) is 11.6 Å². The number of rotatable bonds is 1. The molecule has 2 aromatic rings. The van der Waals surface area contributed by atoms with Crippen molar-refractivity contribution in [2.45, 2.75) is 31.1 Å². The van der Waals surface area contributed by atoms with Gasteiger partial charge in [-0.15, -0.1) is 0 Å². The molecule has 0 aliphatic heterocycles. The second-order valence-corrected chi connectivity index (χ2v) is 4.42. The number of anilines is 1. The van der Waals surface area contributed by atoms with Crippen LogP contribution in [0.15, 0.2) is 18.6 Å². The van der Waals surface area contributed by atoms with Crippen LogP contribution in [0.2, 0.25) is 0 Å². The van der Waals surface area contributed by atoms with E-state index in [9.17, 15) is 10.2 Å². The predicted molar refractivity (Wildman–Crippen MR) is 62.2 cm³/mol. The molecule has 0 radical (unpaired) electrons. The summed E-state index contributed by atoms with van der Waals surface area (Å²) in [6.45, 7) is 0. The average molecular weight is 234 g/mol. The molecule has 3 rings (SSSR count). The molecule has 1 fully saturated rings. The summed E-state index contributed by atoms with van der Waals surface area (Å²) < 4.78 is 1.87. The second kappa shape index (κ2) is 3.68. The number of aromatic nitrogens is 3. The molecule has 0 spiro atoms. The SMILES string of the molecule is Nc1nccc2c1ncn2[C@@H]1CC[C@@H](O)C1O. The van der Waals surface area contributed by atoms with Gasteiger partial charge in [0.05, 0.1) is 24.0 Å². The van der Waals surface area contributed by atoms with Gasteiger partial charge < -0.3 is 20.5 Å². The van der Waals surface area contributed by atoms with Crippen LogP contribution in [0, 0.1) is 0 Å². The molecule has 90 valence electrons. The van der Waals surface area contributed by atoms with Gasteiger partial charge in [-0.2, -0.15) is 0 Å². The first-order chi connectivity index (χ1) is 8.18. The van der Waals surface area contributed by atoms with E-state index in [0.29, 0.717) is 17.8 Å². The molecular weight excluding hydrogens is 220 g/mol. The molecule has 17 heavy (non-hydrogen) atoms. The number of nitrogens with zero attached hydrogens (tertiary/aromatic N) is 3. The summed E-state index contributed by atoms with van der Waals surface area (Å²) in [5.41, 5.74) is 7.21. The minimum atomic E-state index is -0.748. The number of hydrogen-bond acceptors (Lipinski definition) is 5. The van der Waals surface area contributed by atoms with E-state index in [4.69, 9.17) is 5.73 Å². The Morgan fingerprint density at radius 3 is 2.82 bits per heavy atom. The van der Waals surface area contributed by atoms with Crippen LogP contribution in [0.5, 0.6) is 0 Å². The quantitative estimate of drug-likeness (QED) is 0.648. The summed E-state index contributed by atoms with van der Waals surface area (Å²) in [7, 11) is 0. The summed E-state index contributed by atoms with van der Waals surface area (Å²) in [5.74, 6) is 0.384. The maximum atomic E-state index is 9.91. The van der Waals surface area contributed by atoms with E-state index in [1.54, 1.807) is 12.5 Å². The van der Waals surface area contributed by atoms with Gasteiger partial charge in [-0.1, -0.05) is 0 Å². The fourth-order valence-corrected chi connectivity index (χ4v) is 2.49. The van der Waals surface area contributed by atoms with Crippen LogP contribution in [0.4, 0.5) is 5.82 Å². The van der Waals surface area contributed by atoms with Crippen molar-refractivity contribution in [1.29, 1.82) is 0 Å². The van der Waals surface area contributed by atoms with Crippen LogP contribution in [0.25, 0.3) is 11.0 Å². The van der Waals surface area contributed by atoms with Crippen molar-refractivity contribution in [2.24, 2.45) is 0 Å². The van der Waals surface area contributed by atoms with Gasteiger partial charge in [-0.25, -0.2) is 9.97 Å². The van der Waals surface area contributed by atoms with Gasteiger partial charge in [0, 0.05) is 6.20 Å². The van der Waals surface area contributed by atoms with E-state index in [1.807, 2.05) is 10.6 Å². The third-order valence-corrected chi connectivity index (χ3v) is 3.42. The first-order valence-corrected chi connectivity index (χ1v) is 5.61. The summed E-state index contributed by atoms with van der Waals surface area (Å²) in [5, 5.41) is 19.5. The third kappa shape index (κ3) is 1.49. The molecule has 0 amide bonds. The van der Waals surface area contributed by atoms with Gasteiger partial charge in [-0.3, -0.25) is 0 Å². The van der Waals surface area contributed by atoms with Crippen LogP contribution in [-0.2, 0) is 0 Å². The number of imidazole rings is 1. The zero-order valence-electron chi connectivity index (χ0n) is 9.19. The number of nitrogens with two attached hydrogens (primary N) is 1. The Hall–Kier alpha value is -1.66. The van der Waals surface area contributed by atoms with Crippen molar-refractivity contribution in [1.82, 2.24) is 14.5 Å². The minimum absolute atomic E-state index is 0.142. The van der Waals surface area contributed by atoms with Crippen molar-refractivity contribution in [2.75, 3.05) is 5.73 Å². The molecular formula is C11H14N4O2. The van der Waals surface area contributed by atoms with E-state index < -0.39 is 12.2 Å². The Balaban J connectivity index is 2.10. The molecule has 1 aliphatic carbocycles. The summed E-state index contributed by atoms with van der Waals surface area (Å²) in [4.78, 5) is 8.18. The molecule has 2 heterocycles. The lowest BCUT2D eigenvalue weighted by Crippen LogP contribution is -2.26. The zero-order chi connectivity index (χ0) is 12.0. The van der Waals surface area contributed by atoms with E-state index in [2.05, 4.69) is 9.97 Å². The molecule has 6 nitrogen and oxygen atoms in total. The Morgan fingerprint density at radius 1 is 1.29 bits per heavy atom. The smallest absolute Gasteiger partial charge is 0.151 e. The largest absolute Gasteiger partial charge is 0.390 e. The van der Waals surface area contributed by atoms with Gasteiger partial charge >= 0.3 is 0 Å². The summed E-state index contributed by atoms with van der Waals surface area (Å²) >= 11 is 0. The molecule has 1 saturated carbocycles. The normalized spacial score (nSPS) is 28.9. The Labute approximate surface area is 97.7 Å². The fourth-order valence-electron chi connectivity index (χ4n) is 2.49. The van der Waals surface area contributed by atoms with Crippen LogP contribution in [-0.4, -0.2) is 37.0 Å². The Bertz CT molecular complexity index is 553. The van der Waals surface area contributed by atoms with Crippen molar-refractivity contribution < 1.29 is 10.2 Å². The molecule has 4 N–H and O–H groups in total. The average Bonchev–Trinajstić information content (AvgIpc) is 2.86. The molecule has 0 aromatic carbocycles. The zero-order valence-corrected chi connectivity index (χ0v) is 9.19. The van der Waals surface area contributed by atoms with Gasteiger partial charge in [0.25, 0.3) is 0 Å². The van der Waals surface area contributed by atoms with E-state index in [0.717, 1.165) is 11.9 Å². The molecule has 0 saturated heterocycles. The van der Waals surface area contributed by atoms with Crippen molar-refractivity contribution in [3.05, 3.63) is 18.6 Å². The molecule has 1 unspecified atom stereocenters. The number of nitrogen functional groups attached to an aromatic ring is 1. The minimum Gasteiger partial charge on any atom is -0.390 e. The maximum absolute atomic E-state index is 9.91. The van der Waals surface area contributed by atoms with Crippen LogP contribution in [0.1, 0.15) is 18.9 Å². The second-order valence-electron chi connectivity index (χ2n) is 4.42. The summed E-state index contributed by atoms with van der Waals surface area (Å²) in [6, 6.07) is 1.67. The van der Waals surface area contributed by atoms with Crippen molar-refractivity contribution >= 4 is 16.9 Å². The van der Waals surface area contributed by atoms with Crippen LogP contribution in [0.3, 0.4) is 0 Å². The number of pyridine rings is 1. The van der Waals surface area contributed by atoms with E-state index >= 15 is 0 Å². The Kier molecular flexibility index (Phi) is 2.27. The van der Waals surface area contributed by atoms with Crippen molar-refractivity contribution in [3.8, 4) is 0 Å². The topological polar surface area (TPSA) is 97.2 Å². The molecule has 0 bridgehead atoms. The van der Waals surface area contributed by atoms with E-state index in [1.165, 1.54) is 0 Å². The van der Waals surface area contributed by atoms with Crippen molar-refractivity contribution in [3.63, 3.8) is 0 Å². The monoisotopic (exact) mass is 234 g/mol. The standard InChI is InChI=1S/C11H14N4O2/c12-11-9-6(3-4-13-11)15(5-14-9)7-1-2-8(16)10(7)17/h3-5,7-8,10,16-17H,1-2H2,(H2,12,13)/t7-,8-,10?/m1/s1. The van der Waals surface area contributed by atoms with Crippen LogP contribution >= 0.6 is 0 Å². The van der Waals surface area contributed by atoms with Gasteiger partial charge in [-0.05, 0) is 18.9 Å². The number of fused-ring (bicyclic) bond motifs is 1. The number of aliphatic hydroxyl groups excluding tert-OH is 2. The number of hydrogen-bond donors (Lipinski definition) is 3.